The third-order valence-corrected chi connectivity index (χ3v) is 4.96. The fourth-order valence-corrected chi connectivity index (χ4v) is 3.52. The first-order chi connectivity index (χ1) is 11.2. The molecule has 1 fully saturated rings. The van der Waals surface area contributed by atoms with Gasteiger partial charge in [0, 0.05) is 6.04 Å². The molecule has 0 bridgehead atoms. The molecule has 1 N–H and O–H groups in total. The second kappa shape index (κ2) is 7.28. The molecule has 2 unspecified atom stereocenters. The van der Waals surface area contributed by atoms with Crippen molar-refractivity contribution in [2.45, 2.75) is 44.2 Å². The van der Waals surface area contributed by atoms with Crippen molar-refractivity contribution in [1.29, 1.82) is 0 Å². The highest BCUT2D eigenvalue weighted by atomic mass is 16.5. The first-order valence-corrected chi connectivity index (χ1v) is 8.50. The van der Waals surface area contributed by atoms with Crippen LogP contribution < -0.4 is 0 Å². The lowest BCUT2D eigenvalue weighted by Gasteiger charge is -2.21. The smallest absolute Gasteiger partial charge is 0.339 e. The molecule has 1 aromatic rings. The maximum atomic E-state index is 12.3. The number of ether oxygens (including phenoxy) is 1. The minimum absolute atomic E-state index is 0.277. The molecule has 4 nitrogen and oxygen atoms in total. The van der Waals surface area contributed by atoms with Gasteiger partial charge in [-0.25, -0.2) is 4.79 Å². The minimum atomic E-state index is -1.21. The summed E-state index contributed by atoms with van der Waals surface area (Å²) in [5.41, 5.74) is 2.86. The fourth-order valence-electron chi connectivity index (χ4n) is 3.52. The Labute approximate surface area is 137 Å². The van der Waals surface area contributed by atoms with Crippen LogP contribution in [0, 0.1) is 0 Å². The highest BCUT2D eigenvalue weighted by Crippen LogP contribution is 2.32. The van der Waals surface area contributed by atoms with Crippen molar-refractivity contribution < 1.29 is 14.6 Å². The molecule has 2 atom stereocenters. The fraction of sp³-hybridized carbons (Fsp3) is 0.526. The summed E-state index contributed by atoms with van der Waals surface area (Å²) in [6, 6.07) is 7.88. The first-order valence-electron chi connectivity index (χ1n) is 8.50. The Morgan fingerprint density at radius 1 is 1.39 bits per heavy atom. The van der Waals surface area contributed by atoms with Crippen LogP contribution in [0.1, 0.15) is 49.3 Å². The number of esters is 1. The van der Waals surface area contributed by atoms with Crippen molar-refractivity contribution in [2.75, 3.05) is 20.2 Å². The Morgan fingerprint density at radius 2 is 2.22 bits per heavy atom. The number of rotatable bonds is 5. The maximum Gasteiger partial charge on any atom is 0.339 e. The molecule has 1 aliphatic carbocycles. The normalized spacial score (nSPS) is 22.9. The van der Waals surface area contributed by atoms with Crippen molar-refractivity contribution >= 4 is 11.5 Å². The van der Waals surface area contributed by atoms with Crippen molar-refractivity contribution in [1.82, 2.24) is 4.90 Å². The van der Waals surface area contributed by atoms with Gasteiger partial charge in [-0.05, 0) is 62.4 Å². The van der Waals surface area contributed by atoms with Crippen LogP contribution in [0.25, 0.3) is 5.57 Å². The number of carbonyl (C=O) groups is 1. The van der Waals surface area contributed by atoms with Crippen LogP contribution >= 0.6 is 0 Å². The van der Waals surface area contributed by atoms with Gasteiger partial charge in [0.05, 0.1) is 0 Å². The molecule has 23 heavy (non-hydrogen) atoms. The van der Waals surface area contributed by atoms with E-state index in [0.717, 1.165) is 44.2 Å². The monoisotopic (exact) mass is 315 g/mol. The van der Waals surface area contributed by atoms with E-state index in [-0.39, 0.29) is 6.04 Å². The number of carbonyl (C=O) groups excluding carboxylic acids is 1. The summed E-state index contributed by atoms with van der Waals surface area (Å²) in [6.07, 6.45) is 6.38. The standard InChI is InChI=1S/C19H25NO3/c1-20-12-6-9-15(20)13-23-19(22)18(21)17-11-5-4-10-16(17)14-7-2-3-8-14/h4-5,7,10-11,15,18,21H,2-3,6,8-9,12-13H2,1H3. The lowest BCUT2D eigenvalue weighted by molar-refractivity contribution is -0.155. The number of benzene rings is 1. The molecule has 3 rings (SSSR count). The zero-order chi connectivity index (χ0) is 16.2. The summed E-state index contributed by atoms with van der Waals surface area (Å²) < 4.78 is 5.38. The minimum Gasteiger partial charge on any atom is -0.462 e. The summed E-state index contributed by atoms with van der Waals surface area (Å²) in [6.45, 7) is 1.40. The van der Waals surface area contributed by atoms with Gasteiger partial charge in [-0.1, -0.05) is 30.3 Å². The molecule has 0 amide bonds. The van der Waals surface area contributed by atoms with E-state index in [9.17, 15) is 9.90 Å². The van der Waals surface area contributed by atoms with Gasteiger partial charge in [0.2, 0.25) is 0 Å². The first kappa shape index (κ1) is 16.2. The van der Waals surface area contributed by atoms with Gasteiger partial charge in [0.25, 0.3) is 0 Å². The van der Waals surface area contributed by atoms with Crippen LogP contribution in [0.3, 0.4) is 0 Å². The topological polar surface area (TPSA) is 49.8 Å². The van der Waals surface area contributed by atoms with Crippen LogP contribution in [0.4, 0.5) is 0 Å². The zero-order valence-electron chi connectivity index (χ0n) is 13.7. The van der Waals surface area contributed by atoms with E-state index in [1.54, 1.807) is 0 Å². The average Bonchev–Trinajstić information content (AvgIpc) is 3.23. The summed E-state index contributed by atoms with van der Waals surface area (Å²) in [4.78, 5) is 14.5. The zero-order valence-corrected chi connectivity index (χ0v) is 13.7. The van der Waals surface area contributed by atoms with Crippen molar-refractivity contribution in [2.24, 2.45) is 0 Å². The van der Waals surface area contributed by atoms with Crippen molar-refractivity contribution in [3.8, 4) is 0 Å². The highest BCUT2D eigenvalue weighted by Gasteiger charge is 2.27. The van der Waals surface area contributed by atoms with Crippen molar-refractivity contribution in [3.05, 3.63) is 41.5 Å². The largest absolute Gasteiger partial charge is 0.462 e. The molecule has 0 radical (unpaired) electrons. The molecule has 1 heterocycles. The predicted molar refractivity (Wildman–Crippen MR) is 89.8 cm³/mol. The second-order valence-corrected chi connectivity index (χ2v) is 6.52. The van der Waals surface area contributed by atoms with Gasteiger partial charge in [-0.2, -0.15) is 0 Å². The Kier molecular flexibility index (Phi) is 5.13. The van der Waals surface area contributed by atoms with Gasteiger partial charge in [-0.3, -0.25) is 0 Å². The third kappa shape index (κ3) is 3.65. The average molecular weight is 315 g/mol. The van der Waals surface area contributed by atoms with E-state index >= 15 is 0 Å². The number of nitrogens with zero attached hydrogens (tertiary/aromatic N) is 1. The summed E-state index contributed by atoms with van der Waals surface area (Å²) >= 11 is 0. The molecular formula is C19H25NO3. The number of hydrogen-bond donors (Lipinski definition) is 1. The Bertz CT molecular complexity index is 596. The quantitative estimate of drug-likeness (QED) is 0.849. The van der Waals surface area contributed by atoms with E-state index in [2.05, 4.69) is 11.0 Å². The highest BCUT2D eigenvalue weighted by molar-refractivity contribution is 5.80. The Hall–Kier alpha value is -1.65. The van der Waals surface area contributed by atoms with E-state index in [4.69, 9.17) is 4.74 Å². The SMILES string of the molecule is CN1CCCC1COC(=O)C(O)c1ccccc1C1=CCCC1. The lowest BCUT2D eigenvalue weighted by Crippen LogP contribution is -2.31. The molecular weight excluding hydrogens is 290 g/mol. The second-order valence-electron chi connectivity index (χ2n) is 6.52. The predicted octanol–water partition coefficient (Wildman–Crippen LogP) is 2.92. The Morgan fingerprint density at radius 3 is 2.91 bits per heavy atom. The molecule has 2 aliphatic rings. The van der Waals surface area contributed by atoms with Crippen LogP contribution in [0.5, 0.6) is 0 Å². The van der Waals surface area contributed by atoms with Crippen molar-refractivity contribution in [3.63, 3.8) is 0 Å². The third-order valence-electron chi connectivity index (χ3n) is 4.96. The summed E-state index contributed by atoms with van der Waals surface area (Å²) in [5, 5.41) is 10.5. The van der Waals surface area contributed by atoms with Crippen LogP contribution in [-0.4, -0.2) is 42.2 Å². The summed E-state index contributed by atoms with van der Waals surface area (Å²) in [5.74, 6) is -0.545. The molecule has 124 valence electrons. The molecule has 1 aliphatic heterocycles. The number of aliphatic hydroxyl groups is 1. The number of aliphatic hydroxyl groups excluding tert-OH is 1. The van der Waals surface area contributed by atoms with Crippen LogP contribution in [0.2, 0.25) is 0 Å². The van der Waals surface area contributed by atoms with Crippen LogP contribution in [-0.2, 0) is 9.53 Å². The number of likely N-dealkylation sites (N-methyl/N-ethyl adjacent to an activating group) is 1. The Balaban J connectivity index is 1.67. The molecule has 0 saturated carbocycles. The van der Waals surface area contributed by atoms with Gasteiger partial charge in [-0.15, -0.1) is 0 Å². The summed E-state index contributed by atoms with van der Waals surface area (Å²) in [7, 11) is 2.05. The van der Waals surface area contributed by atoms with Gasteiger partial charge in [0.15, 0.2) is 6.10 Å². The van der Waals surface area contributed by atoms with E-state index < -0.39 is 12.1 Å². The molecule has 0 aromatic heterocycles. The van der Waals surface area contributed by atoms with E-state index in [1.165, 1.54) is 5.57 Å². The van der Waals surface area contributed by atoms with Gasteiger partial charge in [0.1, 0.15) is 6.61 Å². The van der Waals surface area contributed by atoms with Gasteiger partial charge >= 0.3 is 5.97 Å². The number of hydrogen-bond acceptors (Lipinski definition) is 4. The molecule has 0 spiro atoms. The van der Waals surface area contributed by atoms with E-state index in [0.29, 0.717) is 12.2 Å². The molecule has 1 saturated heterocycles. The lowest BCUT2D eigenvalue weighted by atomic mass is 9.96. The maximum absolute atomic E-state index is 12.3. The van der Waals surface area contributed by atoms with E-state index in [1.807, 2.05) is 31.3 Å². The van der Waals surface area contributed by atoms with Gasteiger partial charge < -0.3 is 14.7 Å². The number of likely N-dealkylation sites (tertiary alicyclic amines) is 1. The molecule has 4 heteroatoms. The van der Waals surface area contributed by atoms with Crippen LogP contribution in [0.15, 0.2) is 30.3 Å². The number of allylic oxidation sites excluding steroid dienone is 2. The molecule has 1 aromatic carbocycles.